The van der Waals surface area contributed by atoms with E-state index in [1.807, 2.05) is 93.6 Å². The Kier molecular flexibility index (Phi) is 10.1. The Hall–Kier alpha value is -4.28. The van der Waals surface area contributed by atoms with Gasteiger partial charge in [-0.15, -0.1) is 0 Å². The van der Waals surface area contributed by atoms with E-state index in [0.717, 1.165) is 11.1 Å². The van der Waals surface area contributed by atoms with Crippen LogP contribution in [0.5, 0.6) is 0 Å². The highest BCUT2D eigenvalue weighted by Gasteiger charge is 2.74. The number of likely N-dealkylation sites (tertiary alicyclic amines) is 1. The van der Waals surface area contributed by atoms with E-state index in [4.69, 9.17) is 9.47 Å². The second-order valence-corrected chi connectivity index (χ2v) is 14.1. The summed E-state index contributed by atoms with van der Waals surface area (Å²) in [6.45, 7) is 6.02. The lowest BCUT2D eigenvalue weighted by atomic mass is 9.74. The molecule has 1 spiro atoms. The third-order valence-electron chi connectivity index (χ3n) is 10.5. The predicted octanol–water partition coefficient (Wildman–Crippen LogP) is 4.05. The van der Waals surface area contributed by atoms with Gasteiger partial charge < -0.3 is 29.3 Å². The first-order valence-corrected chi connectivity index (χ1v) is 17.4. The average Bonchev–Trinajstić information content (AvgIpc) is 3.75. The van der Waals surface area contributed by atoms with Crippen LogP contribution in [0.15, 0.2) is 85.0 Å². The van der Waals surface area contributed by atoms with Crippen LogP contribution < -0.4 is 0 Å². The number of ether oxygens (including phenoxy) is 2. The molecule has 0 radical (unpaired) electrons. The largest absolute Gasteiger partial charge is 0.455 e. The number of amides is 3. The molecule has 0 aromatic heterocycles. The van der Waals surface area contributed by atoms with E-state index < -0.39 is 59.6 Å². The van der Waals surface area contributed by atoms with E-state index in [1.54, 1.807) is 29.0 Å². The monoisotopic (exact) mass is 669 g/mol. The fourth-order valence-electron chi connectivity index (χ4n) is 8.00. The maximum absolute atomic E-state index is 15.0. The van der Waals surface area contributed by atoms with Crippen LogP contribution in [0.2, 0.25) is 0 Å². The Balaban J connectivity index is 1.46. The topological polar surface area (TPSA) is 117 Å². The van der Waals surface area contributed by atoms with Crippen molar-refractivity contribution < 1.29 is 33.8 Å². The van der Waals surface area contributed by atoms with Crippen LogP contribution in [0.3, 0.4) is 0 Å². The number of benzene rings is 2. The van der Waals surface area contributed by atoms with Gasteiger partial charge in [-0.2, -0.15) is 0 Å². The number of carbonyl (C=O) groups is 4. The number of carbonyl (C=O) groups excluding carboxylic acids is 4. The van der Waals surface area contributed by atoms with E-state index in [0.29, 0.717) is 12.8 Å². The van der Waals surface area contributed by atoms with E-state index >= 15 is 0 Å². The lowest BCUT2D eigenvalue weighted by Gasteiger charge is -2.39. The summed E-state index contributed by atoms with van der Waals surface area (Å²) >= 11 is 0. The molecule has 1 N–H and O–H groups in total. The zero-order chi connectivity index (χ0) is 34.9. The zero-order valence-corrected chi connectivity index (χ0v) is 28.7. The number of hydrogen-bond donors (Lipinski definition) is 1. The number of fused-ring (bicyclic) bond motifs is 2. The molecular weight excluding hydrogens is 622 g/mol. The summed E-state index contributed by atoms with van der Waals surface area (Å²) in [5.41, 5.74) is 0.212. The second kappa shape index (κ2) is 14.3. The molecule has 10 nitrogen and oxygen atoms in total. The molecule has 5 bridgehead atoms. The number of rotatable bonds is 7. The molecule has 10 heteroatoms. The molecular formula is C39H47N3O7. The third kappa shape index (κ3) is 6.44. The van der Waals surface area contributed by atoms with Crippen LogP contribution in [0.1, 0.15) is 57.3 Å². The second-order valence-electron chi connectivity index (χ2n) is 14.1. The Morgan fingerprint density at radius 2 is 1.65 bits per heavy atom. The minimum absolute atomic E-state index is 0.106. The first kappa shape index (κ1) is 34.6. The van der Waals surface area contributed by atoms with Crippen LogP contribution in [-0.4, -0.2) is 93.5 Å². The number of likely N-dealkylation sites (N-methyl/N-ethyl adjacent to an activating group) is 1. The molecule has 6 rings (SSSR count). The van der Waals surface area contributed by atoms with Gasteiger partial charge in [0.2, 0.25) is 17.7 Å². The molecule has 2 fully saturated rings. The summed E-state index contributed by atoms with van der Waals surface area (Å²) in [6.07, 6.45) is 6.90. The molecule has 4 heterocycles. The van der Waals surface area contributed by atoms with Gasteiger partial charge in [0.15, 0.2) is 0 Å². The van der Waals surface area contributed by atoms with Gasteiger partial charge in [-0.05, 0) is 36.8 Å². The van der Waals surface area contributed by atoms with Gasteiger partial charge in [-0.25, -0.2) is 0 Å². The molecule has 4 aliphatic heterocycles. The summed E-state index contributed by atoms with van der Waals surface area (Å²) in [5, 5.41) is 10.7. The van der Waals surface area contributed by atoms with E-state index in [1.165, 1.54) is 4.90 Å². The lowest BCUT2D eigenvalue weighted by molar-refractivity contribution is -0.164. The summed E-state index contributed by atoms with van der Waals surface area (Å²) in [5.74, 6) is -3.39. The van der Waals surface area contributed by atoms with Crippen LogP contribution in [0.25, 0.3) is 0 Å². The van der Waals surface area contributed by atoms with Gasteiger partial charge in [0.1, 0.15) is 23.7 Å². The van der Waals surface area contributed by atoms with Crippen molar-refractivity contribution in [2.75, 3.05) is 20.2 Å². The quantitative estimate of drug-likeness (QED) is 0.349. The van der Waals surface area contributed by atoms with Gasteiger partial charge in [0.25, 0.3) is 0 Å². The average molecular weight is 670 g/mol. The number of aliphatic hydroxyl groups is 1. The molecule has 4 aliphatic rings. The van der Waals surface area contributed by atoms with Gasteiger partial charge in [-0.1, -0.05) is 98.8 Å². The highest BCUT2D eigenvalue weighted by atomic mass is 16.6. The lowest BCUT2D eigenvalue weighted by Crippen LogP contribution is -2.58. The number of aliphatic hydroxyl groups excluding tert-OH is 1. The van der Waals surface area contributed by atoms with Gasteiger partial charge in [0, 0.05) is 26.6 Å². The van der Waals surface area contributed by atoms with Gasteiger partial charge >= 0.3 is 5.97 Å². The van der Waals surface area contributed by atoms with E-state index in [-0.39, 0.29) is 43.8 Å². The first-order valence-electron chi connectivity index (χ1n) is 17.4. The smallest absolute Gasteiger partial charge is 0.313 e. The van der Waals surface area contributed by atoms with Crippen molar-refractivity contribution >= 4 is 23.7 Å². The maximum atomic E-state index is 15.0. The number of hydrogen-bond acceptors (Lipinski definition) is 7. The number of cyclic esters (lactones) is 1. The highest BCUT2D eigenvalue weighted by molar-refractivity contribution is 5.99. The van der Waals surface area contributed by atoms with Gasteiger partial charge in [0.05, 0.1) is 30.7 Å². The molecule has 2 saturated heterocycles. The van der Waals surface area contributed by atoms with Crippen LogP contribution >= 0.6 is 0 Å². The molecule has 49 heavy (non-hydrogen) atoms. The van der Waals surface area contributed by atoms with Crippen molar-refractivity contribution in [1.82, 2.24) is 14.7 Å². The summed E-state index contributed by atoms with van der Waals surface area (Å²) in [7, 11) is 1.71. The van der Waals surface area contributed by atoms with E-state index in [9.17, 15) is 24.3 Å². The number of esters is 1. The van der Waals surface area contributed by atoms with Crippen molar-refractivity contribution in [2.24, 2.45) is 17.8 Å². The Labute approximate surface area is 288 Å². The Morgan fingerprint density at radius 3 is 2.33 bits per heavy atom. The van der Waals surface area contributed by atoms with E-state index in [2.05, 4.69) is 0 Å². The maximum Gasteiger partial charge on any atom is 0.313 e. The molecule has 260 valence electrons. The van der Waals surface area contributed by atoms with Crippen LogP contribution in [0, 0.1) is 17.8 Å². The summed E-state index contributed by atoms with van der Waals surface area (Å²) < 4.78 is 12.9. The fourth-order valence-corrected chi connectivity index (χ4v) is 8.00. The Bertz CT molecular complexity index is 1590. The number of nitrogens with zero attached hydrogens (tertiary/aromatic N) is 3. The van der Waals surface area contributed by atoms with Crippen molar-refractivity contribution in [2.45, 2.75) is 82.5 Å². The summed E-state index contributed by atoms with van der Waals surface area (Å²) in [4.78, 5) is 62.3. The van der Waals surface area contributed by atoms with Crippen molar-refractivity contribution in [1.29, 1.82) is 0 Å². The molecule has 2 aromatic carbocycles. The van der Waals surface area contributed by atoms with Crippen molar-refractivity contribution in [3.8, 4) is 0 Å². The molecule has 8 atom stereocenters. The normalized spacial score (nSPS) is 31.8. The first-order chi connectivity index (χ1) is 23.6. The van der Waals surface area contributed by atoms with Crippen molar-refractivity contribution in [3.63, 3.8) is 0 Å². The van der Waals surface area contributed by atoms with Gasteiger partial charge in [-0.3, -0.25) is 19.2 Å². The SMILES string of the molecule is CC(C)C[C@H](CO)N1C(=O)[C@H]2[C@@H]3C(=O)O[C@H](c4ccccc4)[C@@H](C)N(C)C(=O)CC/C=C\CN(Cc4ccccc4)C(=O)[C@H]1[C@@]21C=C[C@@H]3O1. The molecule has 0 aliphatic carbocycles. The van der Waals surface area contributed by atoms with Crippen LogP contribution in [-0.2, 0) is 35.2 Å². The van der Waals surface area contributed by atoms with Crippen molar-refractivity contribution in [3.05, 3.63) is 96.1 Å². The molecule has 3 amide bonds. The fraction of sp³-hybridized carbons (Fsp3) is 0.487. The minimum atomic E-state index is -1.42. The molecule has 0 unspecified atom stereocenters. The van der Waals surface area contributed by atoms with Crippen LogP contribution in [0.4, 0.5) is 0 Å². The predicted molar refractivity (Wildman–Crippen MR) is 182 cm³/mol. The summed E-state index contributed by atoms with van der Waals surface area (Å²) in [6, 6.07) is 16.6. The Morgan fingerprint density at radius 1 is 0.959 bits per heavy atom. The zero-order valence-electron chi connectivity index (χ0n) is 28.7. The minimum Gasteiger partial charge on any atom is -0.455 e. The third-order valence-corrected chi connectivity index (χ3v) is 10.5. The molecule has 0 saturated carbocycles. The molecule has 2 aromatic rings. The highest BCUT2D eigenvalue weighted by Crippen LogP contribution is 2.56. The number of allylic oxidation sites excluding steroid dienone is 1. The standard InChI is InChI=1S/C39H47N3O7/c1-25(2)22-29(24-43)42-35-37(46)41(23-27-14-8-5-9-15-27)21-13-7-12-18-31(44)40(4)26(3)34(28-16-10-6-11-17-28)48-38(47)32-30-19-20-39(35,49-30)33(32)36(42)45/h5-11,13-17,19-20,25-26,29-30,32-35,43H,12,18,21-24H2,1-4H3/b13-7-/t26-,29-,30+,32-,33-,34+,35+,39-/m1/s1.